The number of rotatable bonds is 13. The highest BCUT2D eigenvalue weighted by molar-refractivity contribution is 8.03. The van der Waals surface area contributed by atoms with Crippen LogP contribution in [-0.2, 0) is 6.54 Å². The average Bonchev–Trinajstić information content (AvgIpc) is 3.36. The number of unbranched alkanes of at least 4 members (excludes halogenated alkanes) is 6. The monoisotopic (exact) mass is 481 g/mol. The Balaban J connectivity index is 1.58. The molecule has 4 rings (SSSR count). The van der Waals surface area contributed by atoms with Crippen molar-refractivity contribution in [2.24, 2.45) is 11.5 Å². The Morgan fingerprint density at radius 1 is 0.788 bits per heavy atom. The summed E-state index contributed by atoms with van der Waals surface area (Å²) >= 11 is 3.81. The Morgan fingerprint density at radius 2 is 1.48 bits per heavy atom. The van der Waals surface area contributed by atoms with E-state index in [9.17, 15) is 0 Å². The molecule has 1 aromatic heterocycles. The molecule has 176 valence electrons. The summed E-state index contributed by atoms with van der Waals surface area (Å²) in [6, 6.07) is 17.6. The molecule has 0 saturated heterocycles. The van der Waals surface area contributed by atoms with Gasteiger partial charge in [-0.25, -0.2) is 0 Å². The van der Waals surface area contributed by atoms with Crippen molar-refractivity contribution >= 4 is 45.1 Å². The van der Waals surface area contributed by atoms with E-state index in [0.717, 1.165) is 39.0 Å². The van der Waals surface area contributed by atoms with Crippen molar-refractivity contribution in [3.8, 4) is 0 Å². The van der Waals surface area contributed by atoms with Gasteiger partial charge in [-0.15, -0.1) is 0 Å². The molecular formula is C27H37N4S2+. The van der Waals surface area contributed by atoms with E-state index in [1.54, 1.807) is 0 Å². The molecule has 0 atom stereocenters. The average molecular weight is 482 g/mol. The number of aryl methyl sites for hydroxylation is 1. The molecule has 0 saturated carbocycles. The summed E-state index contributed by atoms with van der Waals surface area (Å²) in [5.74, 6) is 0. The van der Waals surface area contributed by atoms with Gasteiger partial charge in [-0.2, -0.15) is 4.57 Å². The van der Waals surface area contributed by atoms with Crippen LogP contribution < -0.4 is 20.9 Å². The van der Waals surface area contributed by atoms with Gasteiger partial charge in [0.05, 0.1) is 16.8 Å². The third-order valence-electron chi connectivity index (χ3n) is 6.19. The molecule has 2 heterocycles. The summed E-state index contributed by atoms with van der Waals surface area (Å²) in [5, 5.41) is 2.69. The first-order valence-corrected chi connectivity index (χ1v) is 14.0. The Morgan fingerprint density at radius 3 is 2.30 bits per heavy atom. The number of nitrogens with zero attached hydrogens (tertiary/aromatic N) is 2. The fourth-order valence-electron chi connectivity index (χ4n) is 4.42. The van der Waals surface area contributed by atoms with Gasteiger partial charge < -0.3 is 16.4 Å². The molecule has 0 aliphatic carbocycles. The number of fused-ring (bicyclic) bond motifs is 2. The van der Waals surface area contributed by atoms with Crippen molar-refractivity contribution in [3.63, 3.8) is 0 Å². The minimum Gasteiger partial charge on any atom is -0.335 e. The van der Waals surface area contributed by atoms with Gasteiger partial charge in [0.15, 0.2) is 6.54 Å². The number of benzene rings is 2. The lowest BCUT2D eigenvalue weighted by Gasteiger charge is -2.20. The summed E-state index contributed by atoms with van der Waals surface area (Å²) in [6.07, 6.45) is 12.0. The van der Waals surface area contributed by atoms with Crippen LogP contribution in [0.4, 0.5) is 5.69 Å². The minimum absolute atomic E-state index is 0.797. The van der Waals surface area contributed by atoms with Crippen LogP contribution in [0.3, 0.4) is 0 Å². The van der Waals surface area contributed by atoms with Crippen molar-refractivity contribution in [3.05, 3.63) is 58.6 Å². The quantitative estimate of drug-likeness (QED) is 0.227. The normalized spacial score (nSPS) is 14.5. The van der Waals surface area contributed by atoms with Gasteiger partial charge in [0, 0.05) is 23.9 Å². The van der Waals surface area contributed by atoms with E-state index in [1.807, 2.05) is 23.1 Å². The lowest BCUT2D eigenvalue weighted by atomic mass is 10.2. The molecule has 0 bridgehead atoms. The van der Waals surface area contributed by atoms with Crippen molar-refractivity contribution in [2.75, 3.05) is 24.5 Å². The molecule has 0 radical (unpaired) electrons. The molecule has 4 N–H and O–H groups in total. The largest absolute Gasteiger partial charge is 0.335 e. The highest BCUT2D eigenvalue weighted by Crippen LogP contribution is 2.46. The van der Waals surface area contributed by atoms with Crippen LogP contribution in [0.2, 0.25) is 0 Å². The number of thioether (sulfide) groups is 1. The van der Waals surface area contributed by atoms with Crippen LogP contribution in [0, 0.1) is 0 Å². The van der Waals surface area contributed by atoms with Gasteiger partial charge in [-0.3, -0.25) is 0 Å². The van der Waals surface area contributed by atoms with E-state index in [4.69, 9.17) is 11.5 Å². The summed E-state index contributed by atoms with van der Waals surface area (Å²) in [7, 11) is 0. The number of para-hydroxylation sites is 2. The minimum atomic E-state index is 0.797. The number of anilines is 1. The first-order valence-electron chi connectivity index (χ1n) is 12.4. The van der Waals surface area contributed by atoms with Gasteiger partial charge >= 0.3 is 0 Å². The molecule has 1 aliphatic rings. The Bertz CT molecular complexity index is 1060. The molecule has 0 unspecified atom stereocenters. The molecular weight excluding hydrogens is 444 g/mol. The number of nitrogens with two attached hydrogens (primary N) is 2. The molecule has 0 fully saturated rings. The van der Waals surface area contributed by atoms with Crippen molar-refractivity contribution < 1.29 is 4.57 Å². The van der Waals surface area contributed by atoms with E-state index in [1.165, 1.54) is 69.4 Å². The van der Waals surface area contributed by atoms with E-state index < -0.39 is 0 Å². The highest BCUT2D eigenvalue weighted by atomic mass is 32.2. The predicted octanol–water partition coefficient (Wildman–Crippen LogP) is 6.14. The van der Waals surface area contributed by atoms with Crippen LogP contribution in [0.15, 0.2) is 58.5 Å². The maximum absolute atomic E-state index is 5.68. The predicted molar refractivity (Wildman–Crippen MR) is 145 cm³/mol. The maximum Gasteiger partial charge on any atom is 0.265 e. The second kappa shape index (κ2) is 12.6. The van der Waals surface area contributed by atoms with Gasteiger partial charge in [-0.05, 0) is 57.0 Å². The molecule has 33 heavy (non-hydrogen) atoms. The second-order valence-corrected chi connectivity index (χ2v) is 10.8. The number of thiazole rings is 1. The highest BCUT2D eigenvalue weighted by Gasteiger charge is 2.27. The first-order chi connectivity index (χ1) is 16.3. The number of aromatic nitrogens is 1. The standard InChI is InChI=1S/C27H37N4S2/c28-17-9-1-3-11-19-30-22-13-5-7-15-24(22)32-26(30)21-27-31(20-12-4-2-10-18-29)23-14-6-8-16-25(23)33-27/h5-8,13-16,21H,1-4,9-12,17-20,28-29H2/q+1. The van der Waals surface area contributed by atoms with Gasteiger partial charge in [0.25, 0.3) is 5.01 Å². The molecule has 3 aromatic rings. The van der Waals surface area contributed by atoms with Crippen LogP contribution in [0.1, 0.15) is 56.4 Å². The summed E-state index contributed by atoms with van der Waals surface area (Å²) < 4.78 is 3.89. The fourth-order valence-corrected chi connectivity index (χ4v) is 6.75. The molecule has 2 aromatic carbocycles. The lowest BCUT2D eigenvalue weighted by molar-refractivity contribution is -0.669. The lowest BCUT2D eigenvalue weighted by Crippen LogP contribution is -2.35. The topological polar surface area (TPSA) is 59.2 Å². The van der Waals surface area contributed by atoms with Crippen molar-refractivity contribution in [1.29, 1.82) is 0 Å². The van der Waals surface area contributed by atoms with Gasteiger partial charge in [0.2, 0.25) is 5.52 Å². The maximum atomic E-state index is 5.68. The first kappa shape index (κ1) is 24.3. The van der Waals surface area contributed by atoms with Gasteiger partial charge in [-0.1, -0.05) is 66.6 Å². The summed E-state index contributed by atoms with van der Waals surface area (Å²) in [5.41, 5.74) is 14.1. The number of hydrogen-bond acceptors (Lipinski definition) is 5. The Kier molecular flexibility index (Phi) is 9.24. The molecule has 4 nitrogen and oxygen atoms in total. The summed E-state index contributed by atoms with van der Waals surface area (Å²) in [4.78, 5) is 3.89. The molecule has 0 amide bonds. The Hall–Kier alpha value is -1.86. The molecule has 1 aliphatic heterocycles. The Labute approximate surface area is 206 Å². The van der Waals surface area contributed by atoms with Crippen LogP contribution in [0.25, 0.3) is 16.3 Å². The SMILES string of the molecule is NCCCCCCN1/C(=C\c2sc3ccccc3[n+]2CCCCCCN)Sc2ccccc21. The zero-order valence-corrected chi connectivity index (χ0v) is 21.2. The summed E-state index contributed by atoms with van der Waals surface area (Å²) in [6.45, 7) is 3.71. The zero-order chi connectivity index (χ0) is 22.9. The van der Waals surface area contributed by atoms with E-state index in [0.29, 0.717) is 0 Å². The molecule has 6 heteroatoms. The van der Waals surface area contributed by atoms with Crippen molar-refractivity contribution in [2.45, 2.75) is 62.8 Å². The van der Waals surface area contributed by atoms with Crippen LogP contribution in [0.5, 0.6) is 0 Å². The van der Waals surface area contributed by atoms with E-state index >= 15 is 0 Å². The third-order valence-corrected chi connectivity index (χ3v) is 8.42. The molecule has 0 spiro atoms. The van der Waals surface area contributed by atoms with E-state index in [-0.39, 0.29) is 0 Å². The fraction of sp³-hybridized carbons (Fsp3) is 0.444. The third kappa shape index (κ3) is 6.18. The zero-order valence-electron chi connectivity index (χ0n) is 19.5. The second-order valence-electron chi connectivity index (χ2n) is 8.67. The smallest absolute Gasteiger partial charge is 0.265 e. The van der Waals surface area contributed by atoms with Crippen molar-refractivity contribution in [1.82, 2.24) is 0 Å². The van der Waals surface area contributed by atoms with E-state index in [2.05, 4.69) is 64.1 Å². The van der Waals surface area contributed by atoms with Crippen LogP contribution in [-0.4, -0.2) is 19.6 Å². The number of hydrogen-bond donors (Lipinski definition) is 2. The van der Waals surface area contributed by atoms with Crippen LogP contribution >= 0.6 is 23.1 Å². The van der Waals surface area contributed by atoms with Gasteiger partial charge in [0.1, 0.15) is 4.70 Å².